The van der Waals surface area contributed by atoms with E-state index in [9.17, 15) is 0 Å². The van der Waals surface area contributed by atoms with Crippen LogP contribution in [0.25, 0.3) is 0 Å². The highest BCUT2D eigenvalue weighted by Crippen LogP contribution is 2.29. The van der Waals surface area contributed by atoms with Gasteiger partial charge >= 0.3 is 0 Å². The molecular weight excluding hydrogens is 176 g/mol. The van der Waals surface area contributed by atoms with Gasteiger partial charge in [-0.15, -0.1) is 0 Å². The molecule has 3 rings (SSSR count). The predicted octanol–water partition coefficient (Wildman–Crippen LogP) is 1.46. The van der Waals surface area contributed by atoms with Crippen LogP contribution in [0.15, 0.2) is 50.3 Å². The van der Waals surface area contributed by atoms with Crippen molar-refractivity contribution in [3.8, 4) is 0 Å². The van der Waals surface area contributed by atoms with E-state index in [0.29, 0.717) is 5.96 Å². The van der Waals surface area contributed by atoms with Crippen molar-refractivity contribution >= 4 is 18.5 Å². The normalized spacial score (nSPS) is 22.2. The van der Waals surface area contributed by atoms with Crippen LogP contribution < -0.4 is 0 Å². The van der Waals surface area contributed by atoms with Crippen molar-refractivity contribution in [2.45, 2.75) is 6.92 Å². The highest BCUT2D eigenvalue weighted by molar-refractivity contribution is 6.01. The van der Waals surface area contributed by atoms with Gasteiger partial charge in [0.05, 0.1) is 5.70 Å². The first-order valence-corrected chi connectivity index (χ1v) is 4.40. The smallest absolute Gasteiger partial charge is 0.237 e. The molecule has 0 aromatic rings. The van der Waals surface area contributed by atoms with Gasteiger partial charge in [0.15, 0.2) is 0 Å². The van der Waals surface area contributed by atoms with E-state index in [1.54, 1.807) is 6.21 Å². The lowest BCUT2D eigenvalue weighted by molar-refractivity contribution is 0.608. The van der Waals surface area contributed by atoms with Gasteiger partial charge in [0.25, 0.3) is 0 Å². The maximum atomic E-state index is 4.18. The van der Waals surface area contributed by atoms with E-state index < -0.39 is 0 Å². The van der Waals surface area contributed by atoms with Crippen LogP contribution in [-0.2, 0) is 0 Å². The van der Waals surface area contributed by atoms with Gasteiger partial charge in [-0.3, -0.25) is 4.90 Å². The fourth-order valence-corrected chi connectivity index (χ4v) is 1.64. The zero-order valence-electron chi connectivity index (χ0n) is 7.68. The number of hydrogen-bond acceptors (Lipinski definition) is 4. The van der Waals surface area contributed by atoms with Crippen LogP contribution in [0.5, 0.6) is 0 Å². The second-order valence-electron chi connectivity index (χ2n) is 3.21. The van der Waals surface area contributed by atoms with Gasteiger partial charge in [0.1, 0.15) is 12.2 Å². The van der Waals surface area contributed by atoms with Gasteiger partial charge in [0, 0.05) is 6.21 Å². The average molecular weight is 184 g/mol. The van der Waals surface area contributed by atoms with Crippen molar-refractivity contribution in [2.24, 2.45) is 15.0 Å². The third-order valence-corrected chi connectivity index (χ3v) is 2.34. The number of allylic oxidation sites excluding steroid dienone is 4. The predicted molar refractivity (Wildman–Crippen MR) is 56.2 cm³/mol. The molecule has 0 fully saturated rings. The highest BCUT2D eigenvalue weighted by atomic mass is 15.4. The second kappa shape index (κ2) is 2.51. The molecule has 0 saturated heterocycles. The maximum absolute atomic E-state index is 4.18. The van der Waals surface area contributed by atoms with E-state index in [2.05, 4.69) is 28.0 Å². The first kappa shape index (κ1) is 7.44. The van der Waals surface area contributed by atoms with Crippen LogP contribution in [0.1, 0.15) is 6.92 Å². The van der Waals surface area contributed by atoms with E-state index in [-0.39, 0.29) is 0 Å². The molecule has 4 heteroatoms. The van der Waals surface area contributed by atoms with E-state index in [0.717, 1.165) is 11.5 Å². The number of aliphatic imine (C=N–C) groups is 3. The van der Waals surface area contributed by atoms with E-state index >= 15 is 0 Å². The van der Waals surface area contributed by atoms with Crippen LogP contribution in [-0.4, -0.2) is 23.4 Å². The molecule has 0 saturated carbocycles. The molecule has 0 atom stereocenters. The third kappa shape index (κ3) is 0.849. The third-order valence-electron chi connectivity index (χ3n) is 2.34. The molecule has 68 valence electrons. The highest BCUT2D eigenvalue weighted by Gasteiger charge is 2.26. The van der Waals surface area contributed by atoms with E-state index in [1.807, 2.05) is 17.1 Å². The van der Waals surface area contributed by atoms with Crippen LogP contribution in [0.3, 0.4) is 0 Å². The summed E-state index contributed by atoms with van der Waals surface area (Å²) in [5, 5.41) is 0. The first-order valence-electron chi connectivity index (χ1n) is 4.40. The summed E-state index contributed by atoms with van der Waals surface area (Å²) >= 11 is 0. The van der Waals surface area contributed by atoms with Gasteiger partial charge in [-0.1, -0.05) is 6.08 Å². The summed E-state index contributed by atoms with van der Waals surface area (Å²) in [6, 6.07) is 0. The summed E-state index contributed by atoms with van der Waals surface area (Å²) in [5.74, 6) is 1.57. The van der Waals surface area contributed by atoms with Gasteiger partial charge in [-0.2, -0.15) is 0 Å². The van der Waals surface area contributed by atoms with Crippen molar-refractivity contribution < 1.29 is 0 Å². The molecule has 0 unspecified atom stereocenters. The van der Waals surface area contributed by atoms with Crippen molar-refractivity contribution in [1.82, 2.24) is 4.90 Å². The minimum Gasteiger partial charge on any atom is -0.262 e. The summed E-state index contributed by atoms with van der Waals surface area (Å²) in [5.41, 5.74) is 2.30. The molecule has 0 aromatic heterocycles. The Hall–Kier alpha value is -1.97. The monoisotopic (exact) mass is 184 g/mol. The summed E-state index contributed by atoms with van der Waals surface area (Å²) in [6.45, 7) is 2.06. The zero-order chi connectivity index (χ0) is 9.54. The molecule has 0 spiro atoms. The molecular formula is C10H8N4. The van der Waals surface area contributed by atoms with Crippen molar-refractivity contribution in [2.75, 3.05) is 0 Å². The SMILES string of the molecule is CC1=CC=C2N=CN=C3N=CC=C1N23. The summed E-state index contributed by atoms with van der Waals surface area (Å²) in [7, 11) is 0. The molecule has 0 aromatic carbocycles. The average Bonchev–Trinajstić information content (AvgIpc) is 2.24. The van der Waals surface area contributed by atoms with Crippen molar-refractivity contribution in [3.63, 3.8) is 0 Å². The first-order chi connectivity index (χ1) is 6.86. The molecule has 0 amide bonds. The van der Waals surface area contributed by atoms with Gasteiger partial charge in [0.2, 0.25) is 5.96 Å². The topological polar surface area (TPSA) is 40.3 Å². The second-order valence-corrected chi connectivity index (χ2v) is 3.21. The summed E-state index contributed by atoms with van der Waals surface area (Å²) in [6.07, 6.45) is 9.30. The number of hydrogen-bond donors (Lipinski definition) is 0. The molecule has 0 bridgehead atoms. The van der Waals surface area contributed by atoms with Crippen LogP contribution in [0.4, 0.5) is 0 Å². The van der Waals surface area contributed by atoms with Crippen molar-refractivity contribution in [3.05, 3.63) is 35.3 Å². The summed E-state index contributed by atoms with van der Waals surface area (Å²) < 4.78 is 0. The zero-order valence-corrected chi connectivity index (χ0v) is 7.68. The number of guanidine groups is 1. The van der Waals surface area contributed by atoms with E-state index in [4.69, 9.17) is 0 Å². The number of nitrogens with zero attached hydrogens (tertiary/aromatic N) is 4. The van der Waals surface area contributed by atoms with Crippen LogP contribution in [0.2, 0.25) is 0 Å². The minimum absolute atomic E-state index is 0.691. The molecule has 0 N–H and O–H groups in total. The largest absolute Gasteiger partial charge is 0.262 e. The molecule has 3 aliphatic heterocycles. The minimum atomic E-state index is 0.691. The molecule has 0 radical (unpaired) electrons. The lowest BCUT2D eigenvalue weighted by atomic mass is 10.1. The van der Waals surface area contributed by atoms with Crippen LogP contribution >= 0.6 is 0 Å². The number of rotatable bonds is 0. The Morgan fingerprint density at radius 3 is 3.00 bits per heavy atom. The van der Waals surface area contributed by atoms with Gasteiger partial charge < -0.3 is 0 Å². The quantitative estimate of drug-likeness (QED) is 0.561. The fraction of sp³-hybridized carbons (Fsp3) is 0.100. The Morgan fingerprint density at radius 1 is 1.14 bits per heavy atom. The Labute approximate surface area is 81.4 Å². The molecule has 3 aliphatic rings. The van der Waals surface area contributed by atoms with E-state index in [1.165, 1.54) is 11.9 Å². The fourth-order valence-electron chi connectivity index (χ4n) is 1.64. The van der Waals surface area contributed by atoms with Crippen LogP contribution in [0, 0.1) is 0 Å². The Kier molecular flexibility index (Phi) is 1.33. The molecule has 0 aliphatic carbocycles. The van der Waals surface area contributed by atoms with Gasteiger partial charge in [-0.25, -0.2) is 15.0 Å². The van der Waals surface area contributed by atoms with Crippen molar-refractivity contribution in [1.29, 1.82) is 0 Å². The lowest BCUT2D eigenvalue weighted by Crippen LogP contribution is -2.34. The lowest BCUT2D eigenvalue weighted by Gasteiger charge is -2.32. The molecule has 3 heterocycles. The van der Waals surface area contributed by atoms with Gasteiger partial charge in [-0.05, 0) is 24.6 Å². The molecule has 4 nitrogen and oxygen atoms in total. The maximum Gasteiger partial charge on any atom is 0.237 e. The Bertz CT molecular complexity index is 474. The molecule has 14 heavy (non-hydrogen) atoms. The Balaban J connectivity index is 2.24. The Morgan fingerprint density at radius 2 is 2.07 bits per heavy atom. The summed E-state index contributed by atoms with van der Waals surface area (Å²) in [4.78, 5) is 14.4. The standard InChI is InChI=1S/C10H8N4/c1-7-2-3-9-12-6-13-10-11-5-4-8(7)14(9)10/h2-6H,1H3.